The van der Waals surface area contributed by atoms with Crippen LogP contribution in [-0.4, -0.2) is 20.4 Å². The summed E-state index contributed by atoms with van der Waals surface area (Å²) in [6.45, 7) is 7.02. The second-order valence-electron chi connectivity index (χ2n) is 7.11. The lowest BCUT2D eigenvalue weighted by molar-refractivity contribution is -0.136. The van der Waals surface area contributed by atoms with Gasteiger partial charge in [-0.15, -0.1) is 0 Å². The van der Waals surface area contributed by atoms with Gasteiger partial charge in [0.2, 0.25) is 10.0 Å². The highest BCUT2D eigenvalue weighted by molar-refractivity contribution is 7.89. The number of aryl methyl sites for hydroxylation is 2. The van der Waals surface area contributed by atoms with Crippen molar-refractivity contribution in [2.45, 2.75) is 45.1 Å². The van der Waals surface area contributed by atoms with Crippen LogP contribution in [0.1, 0.15) is 30.0 Å². The fourth-order valence-corrected chi connectivity index (χ4v) is 4.22. The first-order valence-corrected chi connectivity index (χ1v) is 11.0. The van der Waals surface area contributed by atoms with Crippen molar-refractivity contribution in [3.63, 3.8) is 0 Å². The van der Waals surface area contributed by atoms with Gasteiger partial charge in [-0.05, 0) is 57.0 Å². The van der Waals surface area contributed by atoms with Crippen molar-refractivity contribution in [1.82, 2.24) is 4.72 Å². The summed E-state index contributed by atoms with van der Waals surface area (Å²) in [5.41, 5.74) is 2.07. The number of sulfonamides is 1. The number of benzene rings is 2. The summed E-state index contributed by atoms with van der Waals surface area (Å²) >= 11 is 0. The highest BCUT2D eigenvalue weighted by Crippen LogP contribution is 2.24. The van der Waals surface area contributed by atoms with Crippen LogP contribution in [0.5, 0.6) is 5.75 Å². The lowest BCUT2D eigenvalue weighted by atomic mass is 10.1. The van der Waals surface area contributed by atoms with Gasteiger partial charge in [0.1, 0.15) is 17.4 Å². The van der Waals surface area contributed by atoms with Gasteiger partial charge in [-0.25, -0.2) is 18.0 Å². The van der Waals surface area contributed by atoms with Crippen LogP contribution in [0.4, 0.5) is 0 Å². The molecule has 1 N–H and O–H groups in total. The Morgan fingerprint density at radius 2 is 1.73 bits per heavy atom. The zero-order chi connectivity index (χ0) is 22.1. The summed E-state index contributed by atoms with van der Waals surface area (Å²) in [5, 5.41) is 0.735. The molecule has 1 heterocycles. The quantitative estimate of drug-likeness (QED) is 0.366. The first-order valence-electron chi connectivity index (χ1n) is 9.47. The molecule has 158 valence electrons. The van der Waals surface area contributed by atoms with Crippen molar-refractivity contribution < 1.29 is 22.4 Å². The monoisotopic (exact) mass is 429 g/mol. The van der Waals surface area contributed by atoms with Crippen molar-refractivity contribution in [3.8, 4) is 5.75 Å². The van der Waals surface area contributed by atoms with Gasteiger partial charge in [0.25, 0.3) is 0 Å². The van der Waals surface area contributed by atoms with E-state index in [4.69, 9.17) is 9.15 Å². The Hall–Kier alpha value is -2.97. The Labute approximate surface area is 174 Å². The van der Waals surface area contributed by atoms with E-state index in [1.807, 2.05) is 13.8 Å². The highest BCUT2D eigenvalue weighted by atomic mass is 32.2. The van der Waals surface area contributed by atoms with Crippen LogP contribution < -0.4 is 15.1 Å². The second-order valence-corrected chi connectivity index (χ2v) is 8.83. The first kappa shape index (κ1) is 21.7. The van der Waals surface area contributed by atoms with Gasteiger partial charge in [0.05, 0.1) is 4.90 Å². The normalized spacial score (nSPS) is 12.7. The summed E-state index contributed by atoms with van der Waals surface area (Å²) in [4.78, 5) is 24.6. The number of rotatable bonds is 6. The topological polar surface area (TPSA) is 103 Å². The minimum atomic E-state index is -3.89. The molecule has 0 saturated carbocycles. The number of nitrogens with one attached hydrogen (secondary N) is 1. The fourth-order valence-electron chi connectivity index (χ4n) is 2.95. The third kappa shape index (κ3) is 4.44. The maximum absolute atomic E-state index is 12.6. The molecule has 1 atom stereocenters. The van der Waals surface area contributed by atoms with Crippen molar-refractivity contribution >= 4 is 27.0 Å². The van der Waals surface area contributed by atoms with Crippen LogP contribution in [0, 0.1) is 20.8 Å². The number of hydrogen-bond acceptors (Lipinski definition) is 6. The molecule has 0 fully saturated rings. The van der Waals surface area contributed by atoms with Crippen LogP contribution in [0.3, 0.4) is 0 Å². The Balaban J connectivity index is 1.82. The van der Waals surface area contributed by atoms with E-state index in [2.05, 4.69) is 4.72 Å². The average Bonchev–Trinajstić information content (AvgIpc) is 2.70. The van der Waals surface area contributed by atoms with Gasteiger partial charge >= 0.3 is 11.6 Å². The molecule has 3 aromatic rings. The zero-order valence-corrected chi connectivity index (χ0v) is 18.0. The molecule has 7 nitrogen and oxygen atoms in total. The molecule has 0 spiro atoms. The van der Waals surface area contributed by atoms with Crippen LogP contribution >= 0.6 is 0 Å². The summed E-state index contributed by atoms with van der Waals surface area (Å²) in [5.74, 6) is -0.592. The predicted octanol–water partition coefficient (Wildman–Crippen LogP) is 3.38. The van der Waals surface area contributed by atoms with Crippen LogP contribution in [0.15, 0.2) is 56.6 Å². The van der Waals surface area contributed by atoms with Gasteiger partial charge in [-0.3, -0.25) is 0 Å². The molecule has 1 aromatic heterocycles. The molecule has 0 aliphatic rings. The van der Waals surface area contributed by atoms with Gasteiger partial charge in [-0.1, -0.05) is 24.6 Å². The number of carbonyl (C=O) groups is 1. The van der Waals surface area contributed by atoms with E-state index in [-0.39, 0.29) is 17.1 Å². The molecule has 0 amide bonds. The molecule has 0 bridgehead atoms. The second kappa shape index (κ2) is 8.41. The zero-order valence-electron chi connectivity index (χ0n) is 17.2. The Morgan fingerprint density at radius 3 is 2.37 bits per heavy atom. The van der Waals surface area contributed by atoms with Gasteiger partial charge in [0.15, 0.2) is 0 Å². The number of esters is 1. The number of fused-ring (bicyclic) bond motifs is 1. The molecule has 0 radical (unpaired) electrons. The van der Waals surface area contributed by atoms with E-state index in [1.165, 1.54) is 18.2 Å². The van der Waals surface area contributed by atoms with Gasteiger partial charge < -0.3 is 9.15 Å². The third-order valence-corrected chi connectivity index (χ3v) is 6.46. The van der Waals surface area contributed by atoms with Crippen molar-refractivity contribution in [3.05, 3.63) is 69.6 Å². The Morgan fingerprint density at radius 1 is 1.07 bits per heavy atom. The maximum atomic E-state index is 12.6. The molecular weight excluding hydrogens is 406 g/mol. The number of hydrogen-bond donors (Lipinski definition) is 1. The van der Waals surface area contributed by atoms with E-state index in [0.29, 0.717) is 11.1 Å². The van der Waals surface area contributed by atoms with E-state index >= 15 is 0 Å². The maximum Gasteiger partial charge on any atom is 0.339 e. The van der Waals surface area contributed by atoms with E-state index in [0.717, 1.165) is 16.5 Å². The highest BCUT2D eigenvalue weighted by Gasteiger charge is 2.26. The van der Waals surface area contributed by atoms with Crippen LogP contribution in [0.2, 0.25) is 0 Å². The van der Waals surface area contributed by atoms with E-state index in [9.17, 15) is 18.0 Å². The van der Waals surface area contributed by atoms with Gasteiger partial charge in [-0.2, -0.15) is 4.72 Å². The molecular formula is C22H23NO6S. The fraction of sp³-hybridized carbons (Fsp3) is 0.273. The van der Waals surface area contributed by atoms with E-state index in [1.54, 1.807) is 38.1 Å². The molecule has 2 aromatic carbocycles. The van der Waals surface area contributed by atoms with Gasteiger partial charge in [0, 0.05) is 17.0 Å². The lowest BCUT2D eigenvalue weighted by Crippen LogP contribution is -2.42. The largest absolute Gasteiger partial charge is 0.425 e. The number of carbonyl (C=O) groups excluding carboxylic acids is 1. The Kier molecular flexibility index (Phi) is 6.09. The number of ether oxygens (including phenoxy) is 1. The molecule has 30 heavy (non-hydrogen) atoms. The summed E-state index contributed by atoms with van der Waals surface area (Å²) in [6, 6.07) is 9.97. The smallest absolute Gasteiger partial charge is 0.339 e. The molecule has 3 rings (SSSR count). The predicted molar refractivity (Wildman–Crippen MR) is 113 cm³/mol. The summed E-state index contributed by atoms with van der Waals surface area (Å²) in [7, 11) is -3.89. The standard InChI is InChI=1S/C22H23NO6S/c1-5-19(23-30(26,27)17-9-6-13(2)7-10-17)22(25)28-16-8-11-18-14(3)15(4)21(24)29-20(18)12-16/h6-12,19,23H,5H2,1-4H3. The van der Waals surface area contributed by atoms with Crippen LogP contribution in [-0.2, 0) is 14.8 Å². The average molecular weight is 429 g/mol. The van der Waals surface area contributed by atoms with Crippen molar-refractivity contribution in [2.75, 3.05) is 0 Å². The molecule has 1 unspecified atom stereocenters. The molecule has 0 aliphatic heterocycles. The Bertz CT molecular complexity index is 1260. The van der Waals surface area contributed by atoms with Crippen molar-refractivity contribution in [1.29, 1.82) is 0 Å². The minimum absolute atomic E-state index is 0.0673. The SMILES string of the molecule is CCC(NS(=O)(=O)c1ccc(C)cc1)C(=O)Oc1ccc2c(C)c(C)c(=O)oc2c1. The van der Waals surface area contributed by atoms with Crippen molar-refractivity contribution in [2.24, 2.45) is 0 Å². The van der Waals surface area contributed by atoms with Crippen LogP contribution in [0.25, 0.3) is 11.0 Å². The lowest BCUT2D eigenvalue weighted by Gasteiger charge is -2.16. The van der Waals surface area contributed by atoms with E-state index < -0.39 is 27.7 Å². The third-order valence-electron chi connectivity index (χ3n) is 4.97. The summed E-state index contributed by atoms with van der Waals surface area (Å²) in [6.07, 6.45) is 0.199. The summed E-state index contributed by atoms with van der Waals surface area (Å²) < 4.78 is 38.2. The first-order chi connectivity index (χ1) is 14.1. The molecule has 0 saturated heterocycles. The minimum Gasteiger partial charge on any atom is -0.425 e. The molecule has 8 heteroatoms. The molecule has 0 aliphatic carbocycles.